The number of hydrogen-bond acceptors (Lipinski definition) is 4. The molecule has 0 spiro atoms. The van der Waals surface area contributed by atoms with Gasteiger partial charge in [-0.1, -0.05) is 48.5 Å². The number of hydrogen-bond donors (Lipinski definition) is 0. The molecule has 0 amide bonds. The molecule has 4 nitrogen and oxygen atoms in total. The molecule has 0 bridgehead atoms. The van der Waals surface area contributed by atoms with E-state index in [1.807, 2.05) is 52.0 Å². The summed E-state index contributed by atoms with van der Waals surface area (Å²) in [7, 11) is 0. The molecule has 0 aliphatic carbocycles. The summed E-state index contributed by atoms with van der Waals surface area (Å²) in [5.74, 6) is 0. The standard InChI is InChI=1S/2C14H12N2.2ClH.Zn/c2*1-9-3-5-11-7-8-12-6-4-10(2)16-14(12)13(11)15-9;;;/h2*3-8H,1-2H3;2*1H;/q;;;;+2/p-2. The third-order valence-electron chi connectivity index (χ3n) is 5.60. The molecule has 6 aromatic rings. The summed E-state index contributed by atoms with van der Waals surface area (Å²) in [6, 6.07) is 24.9. The van der Waals surface area contributed by atoms with E-state index in [9.17, 15) is 0 Å². The van der Waals surface area contributed by atoms with Crippen LogP contribution in [0.25, 0.3) is 43.6 Å². The Bertz CT molecular complexity index is 1390. The predicted molar refractivity (Wildman–Crippen MR) is 133 cm³/mol. The van der Waals surface area contributed by atoms with E-state index in [4.69, 9.17) is 0 Å². The smallest absolute Gasteiger partial charge is 1.00 e. The Morgan fingerprint density at radius 2 is 0.514 bits per heavy atom. The molecule has 0 aliphatic heterocycles. The van der Waals surface area contributed by atoms with Gasteiger partial charge in [-0.2, -0.15) is 0 Å². The summed E-state index contributed by atoms with van der Waals surface area (Å²) >= 11 is 0. The molecular formula is C28H24Cl2N4Zn. The molecule has 0 fully saturated rings. The summed E-state index contributed by atoms with van der Waals surface area (Å²) in [6.07, 6.45) is 0. The zero-order chi connectivity index (χ0) is 22.2. The van der Waals surface area contributed by atoms with Gasteiger partial charge in [0.05, 0.1) is 22.1 Å². The van der Waals surface area contributed by atoms with E-state index < -0.39 is 0 Å². The Morgan fingerprint density at radius 1 is 0.343 bits per heavy atom. The Kier molecular flexibility index (Phi) is 9.63. The van der Waals surface area contributed by atoms with E-state index >= 15 is 0 Å². The van der Waals surface area contributed by atoms with E-state index in [2.05, 4.69) is 68.5 Å². The minimum absolute atomic E-state index is 0. The van der Waals surface area contributed by atoms with Crippen LogP contribution in [0.1, 0.15) is 22.8 Å². The first-order valence-electron chi connectivity index (χ1n) is 10.8. The van der Waals surface area contributed by atoms with Crippen molar-refractivity contribution in [2.24, 2.45) is 0 Å². The van der Waals surface area contributed by atoms with Crippen molar-refractivity contribution in [1.82, 2.24) is 19.9 Å². The second kappa shape index (κ2) is 11.8. The summed E-state index contributed by atoms with van der Waals surface area (Å²) < 4.78 is 0. The van der Waals surface area contributed by atoms with Crippen molar-refractivity contribution in [1.29, 1.82) is 0 Å². The molecule has 0 atom stereocenters. The van der Waals surface area contributed by atoms with Crippen LogP contribution in [-0.4, -0.2) is 19.9 Å². The van der Waals surface area contributed by atoms with Crippen molar-refractivity contribution in [2.75, 3.05) is 0 Å². The van der Waals surface area contributed by atoms with Crippen LogP contribution >= 0.6 is 0 Å². The molecule has 2 aromatic carbocycles. The maximum atomic E-state index is 4.58. The van der Waals surface area contributed by atoms with Crippen LogP contribution in [-0.2, 0) is 19.5 Å². The molecule has 0 saturated carbocycles. The van der Waals surface area contributed by atoms with Gasteiger partial charge in [0, 0.05) is 44.3 Å². The van der Waals surface area contributed by atoms with Crippen molar-refractivity contribution in [3.8, 4) is 0 Å². The van der Waals surface area contributed by atoms with Gasteiger partial charge in [-0.15, -0.1) is 0 Å². The van der Waals surface area contributed by atoms with Crippen LogP contribution in [0.15, 0.2) is 72.8 Å². The molecule has 0 radical (unpaired) electrons. The molecular weight excluding hydrogens is 529 g/mol. The number of halogens is 2. The molecule has 0 saturated heterocycles. The number of nitrogens with zero attached hydrogens (tertiary/aromatic N) is 4. The Balaban J connectivity index is 0.000000227. The first-order valence-corrected chi connectivity index (χ1v) is 10.8. The number of aromatic nitrogens is 4. The van der Waals surface area contributed by atoms with E-state index in [-0.39, 0.29) is 44.3 Å². The maximum absolute atomic E-state index is 4.58. The SMILES string of the molecule is Cc1ccc2ccc3ccc(C)nc3c2n1.Cc1ccc2ccc3ccc(C)nc3c2n1.[Cl-].[Cl-].[Zn+2]. The minimum Gasteiger partial charge on any atom is -1.00 e. The van der Waals surface area contributed by atoms with Gasteiger partial charge in [0.15, 0.2) is 0 Å². The molecule has 7 heteroatoms. The second-order valence-corrected chi connectivity index (χ2v) is 8.23. The Hall–Kier alpha value is -2.72. The van der Waals surface area contributed by atoms with Gasteiger partial charge in [0.25, 0.3) is 0 Å². The first-order chi connectivity index (χ1) is 15.5. The fourth-order valence-corrected chi connectivity index (χ4v) is 3.93. The summed E-state index contributed by atoms with van der Waals surface area (Å²) in [4.78, 5) is 18.3. The van der Waals surface area contributed by atoms with Gasteiger partial charge in [0.2, 0.25) is 0 Å². The minimum atomic E-state index is 0. The molecule has 4 aromatic heterocycles. The number of aryl methyl sites for hydroxylation is 4. The zero-order valence-electron chi connectivity index (χ0n) is 20.2. The fraction of sp³-hybridized carbons (Fsp3) is 0.143. The Morgan fingerprint density at radius 3 is 0.714 bits per heavy atom. The number of rotatable bonds is 0. The average molecular weight is 553 g/mol. The average Bonchev–Trinajstić information content (AvgIpc) is 2.79. The number of pyridine rings is 4. The molecule has 4 heterocycles. The summed E-state index contributed by atoms with van der Waals surface area (Å²) in [6.45, 7) is 8.03. The quantitative estimate of drug-likeness (QED) is 0.207. The van der Waals surface area contributed by atoms with Crippen LogP contribution in [0, 0.1) is 27.7 Å². The van der Waals surface area contributed by atoms with Crippen LogP contribution in [0.3, 0.4) is 0 Å². The monoisotopic (exact) mass is 550 g/mol. The van der Waals surface area contributed by atoms with Gasteiger partial charge in [-0.3, -0.25) is 19.9 Å². The van der Waals surface area contributed by atoms with Crippen molar-refractivity contribution in [2.45, 2.75) is 27.7 Å². The topological polar surface area (TPSA) is 51.6 Å². The summed E-state index contributed by atoms with van der Waals surface area (Å²) in [5, 5.41) is 4.60. The van der Waals surface area contributed by atoms with Gasteiger partial charge in [-0.05, 0) is 52.0 Å². The predicted octanol–water partition coefficient (Wildman–Crippen LogP) is 0.805. The summed E-state index contributed by atoms with van der Waals surface area (Å²) in [5.41, 5.74) is 8.13. The molecule has 0 unspecified atom stereocenters. The molecule has 0 aliphatic rings. The third kappa shape index (κ3) is 5.93. The van der Waals surface area contributed by atoms with Crippen molar-refractivity contribution in [3.63, 3.8) is 0 Å². The van der Waals surface area contributed by atoms with Gasteiger partial charge >= 0.3 is 19.5 Å². The van der Waals surface area contributed by atoms with Gasteiger partial charge < -0.3 is 24.8 Å². The van der Waals surface area contributed by atoms with Gasteiger partial charge in [-0.25, -0.2) is 0 Å². The molecule has 0 N–H and O–H groups in total. The van der Waals surface area contributed by atoms with Crippen LogP contribution < -0.4 is 24.8 Å². The van der Waals surface area contributed by atoms with Crippen molar-refractivity contribution < 1.29 is 44.3 Å². The normalized spacial score (nSPS) is 10.2. The van der Waals surface area contributed by atoms with E-state index in [1.165, 1.54) is 0 Å². The molecule has 172 valence electrons. The van der Waals surface area contributed by atoms with Crippen molar-refractivity contribution in [3.05, 3.63) is 95.6 Å². The molecule has 6 rings (SSSR count). The maximum Gasteiger partial charge on any atom is 2.00 e. The van der Waals surface area contributed by atoms with E-state index in [0.717, 1.165) is 66.4 Å². The van der Waals surface area contributed by atoms with Crippen LogP contribution in [0.4, 0.5) is 0 Å². The first kappa shape index (κ1) is 28.5. The zero-order valence-corrected chi connectivity index (χ0v) is 24.7. The Labute approximate surface area is 230 Å². The third-order valence-corrected chi connectivity index (χ3v) is 5.60. The van der Waals surface area contributed by atoms with E-state index in [1.54, 1.807) is 0 Å². The van der Waals surface area contributed by atoms with Crippen LogP contribution in [0.2, 0.25) is 0 Å². The largest absolute Gasteiger partial charge is 2.00 e. The van der Waals surface area contributed by atoms with E-state index in [0.29, 0.717) is 0 Å². The fourth-order valence-electron chi connectivity index (χ4n) is 3.93. The van der Waals surface area contributed by atoms with Crippen LogP contribution in [0.5, 0.6) is 0 Å². The van der Waals surface area contributed by atoms with Crippen molar-refractivity contribution >= 4 is 43.6 Å². The van der Waals surface area contributed by atoms with Gasteiger partial charge in [0.1, 0.15) is 0 Å². The molecule has 35 heavy (non-hydrogen) atoms. The number of benzene rings is 2. The second-order valence-electron chi connectivity index (χ2n) is 8.23. The number of fused-ring (bicyclic) bond motifs is 6.